The standard InChI is InChI=1S/C17H17N3O/c1-11-7-6-8-12(2)15(11)19-17(21)16-18-13-9-4-5-10-14(13)20(16)3/h4-10H,1-3H3,(H,19,21). The van der Waals surface area contributed by atoms with Gasteiger partial charge in [0.05, 0.1) is 11.0 Å². The molecular weight excluding hydrogens is 262 g/mol. The molecule has 0 aliphatic heterocycles. The third-order valence-corrected chi connectivity index (χ3v) is 3.71. The normalized spacial score (nSPS) is 10.8. The molecule has 0 radical (unpaired) electrons. The van der Waals surface area contributed by atoms with Crippen LogP contribution >= 0.6 is 0 Å². The second-order valence-corrected chi connectivity index (χ2v) is 5.20. The van der Waals surface area contributed by atoms with Gasteiger partial charge in [-0.05, 0) is 37.1 Å². The average Bonchev–Trinajstić information content (AvgIpc) is 2.81. The van der Waals surface area contributed by atoms with E-state index in [4.69, 9.17) is 0 Å². The van der Waals surface area contributed by atoms with Crippen molar-refractivity contribution in [3.63, 3.8) is 0 Å². The molecule has 0 aliphatic rings. The molecular formula is C17H17N3O. The van der Waals surface area contributed by atoms with Gasteiger partial charge in [-0.1, -0.05) is 30.3 Å². The summed E-state index contributed by atoms with van der Waals surface area (Å²) in [7, 11) is 1.86. The van der Waals surface area contributed by atoms with E-state index in [0.717, 1.165) is 27.8 Å². The van der Waals surface area contributed by atoms with Crippen molar-refractivity contribution in [2.24, 2.45) is 7.05 Å². The number of nitrogens with zero attached hydrogens (tertiary/aromatic N) is 2. The summed E-state index contributed by atoms with van der Waals surface area (Å²) in [6.45, 7) is 3.97. The first-order chi connectivity index (χ1) is 10.1. The van der Waals surface area contributed by atoms with Crippen LogP contribution in [-0.4, -0.2) is 15.5 Å². The highest BCUT2D eigenvalue weighted by Gasteiger charge is 2.16. The minimum Gasteiger partial charge on any atom is -0.323 e. The van der Waals surface area contributed by atoms with E-state index in [-0.39, 0.29) is 5.91 Å². The van der Waals surface area contributed by atoms with Gasteiger partial charge in [0.15, 0.2) is 5.82 Å². The lowest BCUT2D eigenvalue weighted by molar-refractivity contribution is 0.101. The summed E-state index contributed by atoms with van der Waals surface area (Å²) < 4.78 is 1.82. The number of aryl methyl sites for hydroxylation is 3. The fourth-order valence-corrected chi connectivity index (χ4v) is 2.53. The van der Waals surface area contributed by atoms with Gasteiger partial charge in [-0.3, -0.25) is 4.79 Å². The highest BCUT2D eigenvalue weighted by atomic mass is 16.2. The van der Waals surface area contributed by atoms with Crippen molar-refractivity contribution in [1.29, 1.82) is 0 Å². The largest absolute Gasteiger partial charge is 0.323 e. The molecule has 4 nitrogen and oxygen atoms in total. The van der Waals surface area contributed by atoms with Crippen molar-refractivity contribution in [2.45, 2.75) is 13.8 Å². The average molecular weight is 279 g/mol. The molecule has 0 bridgehead atoms. The molecule has 0 fully saturated rings. The number of hydrogen-bond donors (Lipinski definition) is 1. The van der Waals surface area contributed by atoms with Gasteiger partial charge in [0.1, 0.15) is 0 Å². The Balaban J connectivity index is 2.00. The zero-order valence-electron chi connectivity index (χ0n) is 12.3. The number of hydrogen-bond acceptors (Lipinski definition) is 2. The first-order valence-electron chi connectivity index (χ1n) is 6.87. The van der Waals surface area contributed by atoms with Crippen LogP contribution in [-0.2, 0) is 7.05 Å². The van der Waals surface area contributed by atoms with E-state index in [2.05, 4.69) is 10.3 Å². The van der Waals surface area contributed by atoms with Crippen molar-refractivity contribution in [3.8, 4) is 0 Å². The van der Waals surface area contributed by atoms with Crippen LogP contribution in [0.1, 0.15) is 21.7 Å². The van der Waals surface area contributed by atoms with Crippen LogP contribution in [0.15, 0.2) is 42.5 Å². The van der Waals surface area contributed by atoms with Crippen molar-refractivity contribution < 1.29 is 4.79 Å². The van der Waals surface area contributed by atoms with Crippen LogP contribution in [0, 0.1) is 13.8 Å². The molecule has 0 atom stereocenters. The van der Waals surface area contributed by atoms with Crippen LogP contribution < -0.4 is 5.32 Å². The Bertz CT molecular complexity index is 813. The molecule has 1 heterocycles. The molecule has 1 aromatic heterocycles. The van der Waals surface area contributed by atoms with E-state index in [0.29, 0.717) is 5.82 Å². The summed E-state index contributed by atoms with van der Waals surface area (Å²) in [5, 5.41) is 2.97. The van der Waals surface area contributed by atoms with Crippen LogP contribution in [0.4, 0.5) is 5.69 Å². The summed E-state index contributed by atoms with van der Waals surface area (Å²) in [5.41, 5.74) is 4.72. The molecule has 4 heteroatoms. The van der Waals surface area contributed by atoms with Crippen LogP contribution in [0.5, 0.6) is 0 Å². The van der Waals surface area contributed by atoms with Gasteiger partial charge in [-0.25, -0.2) is 4.98 Å². The second kappa shape index (κ2) is 5.05. The molecule has 3 rings (SSSR count). The number of anilines is 1. The molecule has 21 heavy (non-hydrogen) atoms. The summed E-state index contributed by atoms with van der Waals surface area (Å²) >= 11 is 0. The van der Waals surface area contributed by atoms with Crippen LogP contribution in [0.3, 0.4) is 0 Å². The molecule has 1 amide bonds. The number of carbonyl (C=O) groups excluding carboxylic acids is 1. The van der Waals surface area contributed by atoms with E-state index in [1.807, 2.05) is 67.9 Å². The number of benzene rings is 2. The van der Waals surface area contributed by atoms with Crippen molar-refractivity contribution in [1.82, 2.24) is 9.55 Å². The first-order valence-corrected chi connectivity index (χ1v) is 6.87. The van der Waals surface area contributed by atoms with Crippen molar-refractivity contribution >= 4 is 22.6 Å². The molecule has 0 saturated heterocycles. The predicted molar refractivity (Wildman–Crippen MR) is 84.6 cm³/mol. The van der Waals surface area contributed by atoms with Gasteiger partial charge >= 0.3 is 0 Å². The highest BCUT2D eigenvalue weighted by molar-refractivity contribution is 6.04. The summed E-state index contributed by atoms with van der Waals surface area (Å²) in [6, 6.07) is 13.7. The zero-order chi connectivity index (χ0) is 15.0. The number of carbonyl (C=O) groups is 1. The molecule has 0 unspecified atom stereocenters. The van der Waals surface area contributed by atoms with E-state index < -0.39 is 0 Å². The Kier molecular flexibility index (Phi) is 3.22. The number of rotatable bonds is 2. The SMILES string of the molecule is Cc1cccc(C)c1NC(=O)c1nc2ccccc2n1C. The molecule has 0 spiro atoms. The Morgan fingerprint density at radius 3 is 2.38 bits per heavy atom. The lowest BCUT2D eigenvalue weighted by Crippen LogP contribution is -2.18. The molecule has 1 N–H and O–H groups in total. The van der Waals surface area contributed by atoms with Gasteiger partial charge in [0.25, 0.3) is 5.91 Å². The molecule has 106 valence electrons. The second-order valence-electron chi connectivity index (χ2n) is 5.20. The predicted octanol–water partition coefficient (Wildman–Crippen LogP) is 3.44. The maximum absolute atomic E-state index is 12.5. The fourth-order valence-electron chi connectivity index (χ4n) is 2.53. The number of aromatic nitrogens is 2. The molecule has 2 aromatic carbocycles. The van der Waals surface area contributed by atoms with Gasteiger partial charge in [0.2, 0.25) is 0 Å². The molecule has 3 aromatic rings. The lowest BCUT2D eigenvalue weighted by atomic mass is 10.1. The number of para-hydroxylation sites is 3. The molecule has 0 aliphatic carbocycles. The Morgan fingerprint density at radius 2 is 1.71 bits per heavy atom. The Labute approximate surface area is 123 Å². The zero-order valence-corrected chi connectivity index (χ0v) is 12.3. The van der Waals surface area contributed by atoms with Crippen LogP contribution in [0.25, 0.3) is 11.0 Å². The van der Waals surface area contributed by atoms with Gasteiger partial charge < -0.3 is 9.88 Å². The fraction of sp³-hybridized carbons (Fsp3) is 0.176. The number of imidazole rings is 1. The minimum absolute atomic E-state index is 0.189. The Hall–Kier alpha value is -2.62. The molecule has 0 saturated carbocycles. The maximum Gasteiger partial charge on any atom is 0.291 e. The minimum atomic E-state index is -0.189. The third-order valence-electron chi connectivity index (χ3n) is 3.71. The highest BCUT2D eigenvalue weighted by Crippen LogP contribution is 2.21. The smallest absolute Gasteiger partial charge is 0.291 e. The monoisotopic (exact) mass is 279 g/mol. The maximum atomic E-state index is 12.5. The topological polar surface area (TPSA) is 46.9 Å². The third kappa shape index (κ3) is 2.29. The lowest BCUT2D eigenvalue weighted by Gasteiger charge is -2.11. The van der Waals surface area contributed by atoms with Crippen LogP contribution in [0.2, 0.25) is 0 Å². The first kappa shape index (κ1) is 13.4. The summed E-state index contributed by atoms with van der Waals surface area (Å²) in [6.07, 6.45) is 0. The number of amides is 1. The van der Waals surface area contributed by atoms with E-state index >= 15 is 0 Å². The number of nitrogens with one attached hydrogen (secondary N) is 1. The van der Waals surface area contributed by atoms with E-state index in [1.54, 1.807) is 0 Å². The van der Waals surface area contributed by atoms with Gasteiger partial charge in [-0.15, -0.1) is 0 Å². The van der Waals surface area contributed by atoms with Crippen molar-refractivity contribution in [3.05, 3.63) is 59.4 Å². The van der Waals surface area contributed by atoms with Gasteiger partial charge in [0, 0.05) is 12.7 Å². The Morgan fingerprint density at radius 1 is 1.05 bits per heavy atom. The summed E-state index contributed by atoms with van der Waals surface area (Å²) in [5.74, 6) is 0.227. The van der Waals surface area contributed by atoms with Gasteiger partial charge in [-0.2, -0.15) is 0 Å². The van der Waals surface area contributed by atoms with E-state index in [1.165, 1.54) is 0 Å². The van der Waals surface area contributed by atoms with E-state index in [9.17, 15) is 4.79 Å². The van der Waals surface area contributed by atoms with Crippen molar-refractivity contribution in [2.75, 3.05) is 5.32 Å². The summed E-state index contributed by atoms with van der Waals surface area (Å²) in [4.78, 5) is 16.9. The quantitative estimate of drug-likeness (QED) is 0.781. The number of fused-ring (bicyclic) bond motifs is 1.